The average Bonchev–Trinajstić information content (AvgIpc) is 2.40. The van der Waals surface area contributed by atoms with E-state index in [2.05, 4.69) is 4.72 Å². The third-order valence-electron chi connectivity index (χ3n) is 2.68. The second-order valence-electron chi connectivity index (χ2n) is 5.77. The Morgan fingerprint density at radius 1 is 1.00 bits per heavy atom. The smallest absolute Gasteiger partial charge is 0.261 e. The fraction of sp³-hybridized carbons (Fsp3) is 0.250. The largest absolute Gasteiger partial charge is 0.488 e. The Morgan fingerprint density at radius 3 is 2.14 bits per heavy atom. The molecule has 0 aliphatic rings. The molecule has 2 aromatic rings. The van der Waals surface area contributed by atoms with Crippen molar-refractivity contribution in [3.8, 4) is 5.75 Å². The highest BCUT2D eigenvalue weighted by Crippen LogP contribution is 2.23. The number of hydrogen-bond donors (Lipinski definition) is 1. The number of sulfonamides is 1. The fourth-order valence-electron chi connectivity index (χ4n) is 1.79. The number of rotatable bonds is 4. The number of halogens is 1. The van der Waals surface area contributed by atoms with Gasteiger partial charge >= 0.3 is 0 Å². The van der Waals surface area contributed by atoms with E-state index in [9.17, 15) is 12.8 Å². The van der Waals surface area contributed by atoms with Crippen LogP contribution in [0.3, 0.4) is 0 Å². The van der Waals surface area contributed by atoms with Gasteiger partial charge in [0, 0.05) is 0 Å². The van der Waals surface area contributed by atoms with E-state index >= 15 is 0 Å². The van der Waals surface area contributed by atoms with E-state index in [4.69, 9.17) is 4.74 Å². The second kappa shape index (κ2) is 5.96. The van der Waals surface area contributed by atoms with Gasteiger partial charge in [0.1, 0.15) is 17.2 Å². The molecule has 0 radical (unpaired) electrons. The molecular formula is C16H18FNO3S. The fourth-order valence-corrected chi connectivity index (χ4v) is 2.86. The van der Waals surface area contributed by atoms with Crippen molar-refractivity contribution in [2.75, 3.05) is 4.72 Å². The minimum Gasteiger partial charge on any atom is -0.488 e. The molecule has 0 saturated heterocycles. The molecule has 0 aromatic heterocycles. The summed E-state index contributed by atoms with van der Waals surface area (Å²) in [6.07, 6.45) is 0. The Balaban J connectivity index is 2.22. The first-order valence-corrected chi connectivity index (χ1v) is 8.22. The first kappa shape index (κ1) is 16.3. The zero-order valence-corrected chi connectivity index (χ0v) is 13.4. The van der Waals surface area contributed by atoms with Crippen LogP contribution in [-0.2, 0) is 10.0 Å². The SMILES string of the molecule is CC(C)(C)Oc1ccc(S(=O)(=O)Nc2ccccc2F)cc1. The van der Waals surface area contributed by atoms with Gasteiger partial charge in [-0.1, -0.05) is 12.1 Å². The number of hydrogen-bond acceptors (Lipinski definition) is 3. The number of nitrogens with one attached hydrogen (secondary N) is 1. The molecule has 0 saturated carbocycles. The lowest BCUT2D eigenvalue weighted by Crippen LogP contribution is -2.23. The van der Waals surface area contributed by atoms with Crippen molar-refractivity contribution < 1.29 is 17.5 Å². The highest BCUT2D eigenvalue weighted by atomic mass is 32.2. The molecule has 0 atom stereocenters. The van der Waals surface area contributed by atoms with Crippen LogP contribution in [0, 0.1) is 5.82 Å². The van der Waals surface area contributed by atoms with Crippen molar-refractivity contribution in [2.24, 2.45) is 0 Å². The van der Waals surface area contributed by atoms with Crippen LogP contribution in [-0.4, -0.2) is 14.0 Å². The van der Waals surface area contributed by atoms with E-state index in [0.29, 0.717) is 5.75 Å². The Morgan fingerprint density at radius 2 is 1.59 bits per heavy atom. The Labute approximate surface area is 130 Å². The van der Waals surface area contributed by atoms with Crippen molar-refractivity contribution in [3.63, 3.8) is 0 Å². The summed E-state index contributed by atoms with van der Waals surface area (Å²) in [6, 6.07) is 11.6. The molecule has 0 bridgehead atoms. The lowest BCUT2D eigenvalue weighted by Gasteiger charge is -2.21. The van der Waals surface area contributed by atoms with E-state index in [1.165, 1.54) is 30.3 Å². The molecule has 0 unspecified atom stereocenters. The molecule has 0 aliphatic carbocycles. The Hall–Kier alpha value is -2.08. The summed E-state index contributed by atoms with van der Waals surface area (Å²) in [7, 11) is -3.84. The van der Waals surface area contributed by atoms with Gasteiger partial charge in [0.05, 0.1) is 10.6 Å². The van der Waals surface area contributed by atoms with Gasteiger partial charge in [0.15, 0.2) is 0 Å². The molecule has 0 heterocycles. The van der Waals surface area contributed by atoms with Crippen LogP contribution in [0.25, 0.3) is 0 Å². The van der Waals surface area contributed by atoms with E-state index in [0.717, 1.165) is 0 Å². The van der Waals surface area contributed by atoms with Crippen LogP contribution in [0.5, 0.6) is 5.75 Å². The lowest BCUT2D eigenvalue weighted by atomic mass is 10.2. The summed E-state index contributed by atoms with van der Waals surface area (Å²) in [6.45, 7) is 5.70. The third-order valence-corrected chi connectivity index (χ3v) is 4.06. The summed E-state index contributed by atoms with van der Waals surface area (Å²) in [5, 5.41) is 0. The maximum Gasteiger partial charge on any atom is 0.261 e. The lowest BCUT2D eigenvalue weighted by molar-refractivity contribution is 0.131. The predicted octanol–water partition coefficient (Wildman–Crippen LogP) is 3.80. The first-order chi connectivity index (χ1) is 10.2. The maximum absolute atomic E-state index is 13.5. The van der Waals surface area contributed by atoms with Crippen LogP contribution in [0.2, 0.25) is 0 Å². The molecule has 0 spiro atoms. The van der Waals surface area contributed by atoms with Crippen LogP contribution in [0.4, 0.5) is 10.1 Å². The highest BCUT2D eigenvalue weighted by Gasteiger charge is 2.17. The molecule has 4 nitrogen and oxygen atoms in total. The molecule has 1 N–H and O–H groups in total. The van der Waals surface area contributed by atoms with Crippen molar-refractivity contribution >= 4 is 15.7 Å². The minimum atomic E-state index is -3.84. The van der Waals surface area contributed by atoms with E-state index in [1.807, 2.05) is 20.8 Å². The Kier molecular flexibility index (Phi) is 4.42. The van der Waals surface area contributed by atoms with Crippen LogP contribution < -0.4 is 9.46 Å². The summed E-state index contributed by atoms with van der Waals surface area (Å²) in [4.78, 5) is 0.0389. The van der Waals surface area contributed by atoms with E-state index < -0.39 is 15.8 Å². The third kappa shape index (κ3) is 4.21. The summed E-state index contributed by atoms with van der Waals surface area (Å²) < 4.78 is 45.9. The van der Waals surface area contributed by atoms with Crippen molar-refractivity contribution in [1.29, 1.82) is 0 Å². The molecule has 0 aliphatic heterocycles. The Bertz CT molecular complexity index is 750. The highest BCUT2D eigenvalue weighted by molar-refractivity contribution is 7.92. The summed E-state index contributed by atoms with van der Waals surface area (Å²) in [5.41, 5.74) is -0.455. The molecular weight excluding hydrogens is 305 g/mol. The van der Waals surface area contributed by atoms with E-state index in [1.54, 1.807) is 18.2 Å². The zero-order chi connectivity index (χ0) is 16.4. The summed E-state index contributed by atoms with van der Waals surface area (Å²) in [5.74, 6) is -0.0592. The standard InChI is InChI=1S/C16H18FNO3S/c1-16(2,3)21-12-8-10-13(11-9-12)22(19,20)18-15-7-5-4-6-14(15)17/h4-11,18H,1-3H3. The van der Waals surface area contributed by atoms with Gasteiger partial charge in [-0.05, 0) is 57.2 Å². The van der Waals surface area contributed by atoms with Gasteiger partial charge < -0.3 is 4.74 Å². The number of benzene rings is 2. The quantitative estimate of drug-likeness (QED) is 0.931. The molecule has 6 heteroatoms. The molecule has 22 heavy (non-hydrogen) atoms. The predicted molar refractivity (Wildman–Crippen MR) is 84.0 cm³/mol. The number of ether oxygens (including phenoxy) is 1. The van der Waals surface area contributed by atoms with Crippen LogP contribution in [0.1, 0.15) is 20.8 Å². The van der Waals surface area contributed by atoms with Gasteiger partial charge in [0.25, 0.3) is 10.0 Å². The van der Waals surface area contributed by atoms with Crippen molar-refractivity contribution in [1.82, 2.24) is 0 Å². The molecule has 0 fully saturated rings. The van der Waals surface area contributed by atoms with Crippen LogP contribution in [0.15, 0.2) is 53.4 Å². The monoisotopic (exact) mass is 323 g/mol. The first-order valence-electron chi connectivity index (χ1n) is 6.74. The van der Waals surface area contributed by atoms with Gasteiger partial charge in [-0.3, -0.25) is 4.72 Å². The van der Waals surface area contributed by atoms with E-state index in [-0.39, 0.29) is 16.2 Å². The normalized spacial score (nSPS) is 12.0. The number of anilines is 1. The second-order valence-corrected chi connectivity index (χ2v) is 7.45. The maximum atomic E-state index is 13.5. The molecule has 2 rings (SSSR count). The van der Waals surface area contributed by atoms with Crippen LogP contribution >= 0.6 is 0 Å². The van der Waals surface area contributed by atoms with Crippen molar-refractivity contribution in [2.45, 2.75) is 31.3 Å². The number of para-hydroxylation sites is 1. The van der Waals surface area contributed by atoms with Gasteiger partial charge in [-0.25, -0.2) is 12.8 Å². The topological polar surface area (TPSA) is 55.4 Å². The van der Waals surface area contributed by atoms with Gasteiger partial charge in [-0.2, -0.15) is 0 Å². The van der Waals surface area contributed by atoms with Crippen molar-refractivity contribution in [3.05, 3.63) is 54.3 Å². The van der Waals surface area contributed by atoms with Gasteiger partial charge in [-0.15, -0.1) is 0 Å². The zero-order valence-electron chi connectivity index (χ0n) is 12.6. The van der Waals surface area contributed by atoms with Gasteiger partial charge in [0.2, 0.25) is 0 Å². The minimum absolute atomic E-state index is 0.0389. The summed E-state index contributed by atoms with van der Waals surface area (Å²) >= 11 is 0. The average molecular weight is 323 g/mol. The molecule has 0 amide bonds. The molecule has 2 aromatic carbocycles. The molecule has 118 valence electrons.